The van der Waals surface area contributed by atoms with Gasteiger partial charge >= 0.3 is 0 Å². The molecule has 1 heterocycles. The predicted molar refractivity (Wildman–Crippen MR) is 97.8 cm³/mol. The summed E-state index contributed by atoms with van der Waals surface area (Å²) < 4.78 is 11.7. The highest BCUT2D eigenvalue weighted by Crippen LogP contribution is 2.38. The number of hydrogen-bond donors (Lipinski definition) is 0. The number of benzene rings is 2. The van der Waals surface area contributed by atoms with Crippen molar-refractivity contribution in [2.75, 3.05) is 0 Å². The maximum atomic E-state index is 7.17. The number of rotatable bonds is 5. The second kappa shape index (κ2) is 7.89. The maximum Gasteiger partial charge on any atom is 0.191 e. The molecule has 124 valence electrons. The van der Waals surface area contributed by atoms with Crippen LogP contribution in [0.4, 0.5) is 5.69 Å². The lowest BCUT2D eigenvalue weighted by molar-refractivity contribution is 0.291. The van der Waals surface area contributed by atoms with Crippen molar-refractivity contribution in [2.24, 2.45) is 0 Å². The average molecular weight is 371 g/mol. The third-order valence-electron chi connectivity index (χ3n) is 3.31. The Morgan fingerprint density at radius 1 is 0.920 bits per heavy atom. The van der Waals surface area contributed by atoms with Crippen molar-refractivity contribution >= 4 is 28.9 Å². The number of hydrogen-bond acceptors (Lipinski definition) is 3. The molecule has 0 saturated heterocycles. The van der Waals surface area contributed by atoms with Crippen LogP contribution < -0.4 is 9.47 Å². The lowest BCUT2D eigenvalue weighted by atomic mass is 10.2. The van der Waals surface area contributed by atoms with Gasteiger partial charge in [-0.2, -0.15) is 0 Å². The number of ether oxygens (including phenoxy) is 2. The Hall–Kier alpha value is -2.74. The van der Waals surface area contributed by atoms with Crippen molar-refractivity contribution in [3.8, 4) is 17.2 Å². The first kappa shape index (κ1) is 17.1. The summed E-state index contributed by atoms with van der Waals surface area (Å²) in [6, 6.07) is 13.6. The van der Waals surface area contributed by atoms with Gasteiger partial charge in [-0.25, -0.2) is 4.85 Å². The quantitative estimate of drug-likeness (QED) is 0.493. The summed E-state index contributed by atoms with van der Waals surface area (Å²) in [6.07, 6.45) is 3.38. The van der Waals surface area contributed by atoms with E-state index in [1.165, 1.54) is 0 Å². The van der Waals surface area contributed by atoms with Gasteiger partial charge in [0.25, 0.3) is 0 Å². The topological polar surface area (TPSA) is 35.7 Å². The van der Waals surface area contributed by atoms with E-state index in [2.05, 4.69) is 9.83 Å². The molecule has 3 rings (SSSR count). The van der Waals surface area contributed by atoms with Crippen LogP contribution in [-0.2, 0) is 6.61 Å². The highest BCUT2D eigenvalue weighted by molar-refractivity contribution is 6.34. The molecule has 0 radical (unpaired) electrons. The largest absolute Gasteiger partial charge is 0.486 e. The molecular formula is C19H12Cl2N2O2. The second-order valence-electron chi connectivity index (χ2n) is 5.06. The fourth-order valence-corrected chi connectivity index (χ4v) is 2.40. The van der Waals surface area contributed by atoms with Crippen molar-refractivity contribution in [3.63, 3.8) is 0 Å². The third-order valence-corrected chi connectivity index (χ3v) is 3.86. The summed E-state index contributed by atoms with van der Waals surface area (Å²) in [5, 5.41) is 0.940. The van der Waals surface area contributed by atoms with Crippen LogP contribution in [0.3, 0.4) is 0 Å². The normalized spacial score (nSPS) is 10.1. The van der Waals surface area contributed by atoms with Gasteiger partial charge in [0.1, 0.15) is 12.4 Å². The SMILES string of the molecule is [C-]#[N+]c1ccc(Oc2cc(Cl)ccc2Cl)c(OCc2ccncc2)c1. The van der Waals surface area contributed by atoms with E-state index in [0.29, 0.717) is 39.6 Å². The molecule has 0 N–H and O–H groups in total. The summed E-state index contributed by atoms with van der Waals surface area (Å²) in [5.41, 5.74) is 1.41. The lowest BCUT2D eigenvalue weighted by Crippen LogP contribution is -1.97. The number of aromatic nitrogens is 1. The van der Waals surface area contributed by atoms with Gasteiger partial charge in [0.15, 0.2) is 17.2 Å². The van der Waals surface area contributed by atoms with Crippen molar-refractivity contribution in [1.29, 1.82) is 0 Å². The van der Waals surface area contributed by atoms with Crippen LogP contribution in [0.2, 0.25) is 10.0 Å². The summed E-state index contributed by atoms with van der Waals surface area (Å²) in [7, 11) is 0. The van der Waals surface area contributed by atoms with Gasteiger partial charge in [0.2, 0.25) is 0 Å². The minimum Gasteiger partial charge on any atom is -0.486 e. The van der Waals surface area contributed by atoms with Gasteiger partial charge in [0, 0.05) is 23.5 Å². The molecule has 0 atom stereocenters. The molecule has 4 nitrogen and oxygen atoms in total. The molecule has 0 fully saturated rings. The van der Waals surface area contributed by atoms with Gasteiger partial charge in [-0.15, -0.1) is 0 Å². The Morgan fingerprint density at radius 2 is 1.72 bits per heavy atom. The number of pyridine rings is 1. The van der Waals surface area contributed by atoms with Gasteiger partial charge < -0.3 is 9.47 Å². The van der Waals surface area contributed by atoms with Gasteiger partial charge in [0.05, 0.1) is 11.6 Å². The van der Waals surface area contributed by atoms with Gasteiger partial charge in [-0.05, 0) is 42.0 Å². The van der Waals surface area contributed by atoms with Crippen LogP contribution >= 0.6 is 23.2 Å². The molecule has 0 amide bonds. The van der Waals surface area contributed by atoms with Gasteiger partial charge in [-0.3, -0.25) is 4.98 Å². The summed E-state index contributed by atoms with van der Waals surface area (Å²) in [6.45, 7) is 7.50. The van der Waals surface area contributed by atoms with E-state index in [1.807, 2.05) is 12.1 Å². The van der Waals surface area contributed by atoms with E-state index in [-0.39, 0.29) is 0 Å². The molecule has 25 heavy (non-hydrogen) atoms. The Morgan fingerprint density at radius 3 is 2.48 bits per heavy atom. The molecule has 0 aliphatic heterocycles. The zero-order valence-corrected chi connectivity index (χ0v) is 14.5. The smallest absolute Gasteiger partial charge is 0.191 e. The highest BCUT2D eigenvalue weighted by atomic mass is 35.5. The van der Waals surface area contributed by atoms with Crippen LogP contribution in [0.15, 0.2) is 60.9 Å². The zero-order valence-electron chi connectivity index (χ0n) is 12.9. The molecule has 6 heteroatoms. The first-order valence-corrected chi connectivity index (χ1v) is 8.07. The van der Waals surface area contributed by atoms with E-state index in [4.69, 9.17) is 39.2 Å². The first-order valence-electron chi connectivity index (χ1n) is 7.32. The number of nitrogens with zero attached hydrogens (tertiary/aromatic N) is 2. The maximum absolute atomic E-state index is 7.17. The van der Waals surface area contributed by atoms with Crippen LogP contribution in [0.1, 0.15) is 5.56 Å². The van der Waals surface area contributed by atoms with Crippen molar-refractivity contribution in [1.82, 2.24) is 4.98 Å². The van der Waals surface area contributed by atoms with Crippen LogP contribution in [0.5, 0.6) is 17.2 Å². The third kappa shape index (κ3) is 4.42. The molecule has 0 spiro atoms. The second-order valence-corrected chi connectivity index (χ2v) is 5.91. The van der Waals surface area contributed by atoms with E-state index in [0.717, 1.165) is 5.56 Å². The number of halogens is 2. The van der Waals surface area contributed by atoms with Crippen LogP contribution in [0, 0.1) is 6.57 Å². The zero-order chi connectivity index (χ0) is 17.6. The van der Waals surface area contributed by atoms with E-state index >= 15 is 0 Å². The lowest BCUT2D eigenvalue weighted by Gasteiger charge is -2.14. The van der Waals surface area contributed by atoms with Crippen LogP contribution in [0.25, 0.3) is 4.85 Å². The average Bonchev–Trinajstić information content (AvgIpc) is 2.64. The Bertz CT molecular complexity index is 924. The fourth-order valence-electron chi connectivity index (χ4n) is 2.08. The minimum absolute atomic E-state index is 0.323. The molecule has 3 aromatic rings. The molecule has 2 aromatic carbocycles. The Labute approximate surface area is 155 Å². The molecule has 0 unspecified atom stereocenters. The molecule has 0 aliphatic carbocycles. The molecule has 0 aliphatic rings. The molecule has 1 aromatic heterocycles. The van der Waals surface area contributed by atoms with Crippen molar-refractivity contribution in [2.45, 2.75) is 6.61 Å². The molecule has 0 saturated carbocycles. The van der Waals surface area contributed by atoms with Crippen molar-refractivity contribution in [3.05, 3.63) is 88.0 Å². The van der Waals surface area contributed by atoms with Gasteiger partial charge in [-0.1, -0.05) is 29.3 Å². The Kier molecular flexibility index (Phi) is 5.39. The summed E-state index contributed by atoms with van der Waals surface area (Å²) >= 11 is 12.1. The summed E-state index contributed by atoms with van der Waals surface area (Å²) in [5.74, 6) is 1.31. The molecular weight excluding hydrogens is 359 g/mol. The van der Waals surface area contributed by atoms with Crippen LogP contribution in [-0.4, -0.2) is 4.98 Å². The van der Waals surface area contributed by atoms with E-state index < -0.39 is 0 Å². The standard InChI is InChI=1S/C19H12Cl2N2O2/c1-22-15-3-5-17(25-18-10-14(20)2-4-16(18)21)19(11-15)24-12-13-6-8-23-9-7-13/h2-11H,12H2. The highest BCUT2D eigenvalue weighted by Gasteiger charge is 2.11. The predicted octanol–water partition coefficient (Wildman–Crippen LogP) is 6.31. The van der Waals surface area contributed by atoms with E-state index in [1.54, 1.807) is 48.8 Å². The minimum atomic E-state index is 0.323. The Balaban J connectivity index is 1.88. The molecule has 0 bridgehead atoms. The fraction of sp³-hybridized carbons (Fsp3) is 0.0526. The first-order chi connectivity index (χ1) is 12.2. The van der Waals surface area contributed by atoms with E-state index in [9.17, 15) is 0 Å². The monoisotopic (exact) mass is 370 g/mol. The van der Waals surface area contributed by atoms with Crippen molar-refractivity contribution < 1.29 is 9.47 Å². The summed E-state index contributed by atoms with van der Waals surface area (Å²) in [4.78, 5) is 7.40.